The molecule has 0 saturated heterocycles. The highest BCUT2D eigenvalue weighted by atomic mass is 19.1. The predicted octanol–water partition coefficient (Wildman–Crippen LogP) is -0.199. The van der Waals surface area contributed by atoms with Crippen LogP contribution in [0.15, 0.2) is 30.3 Å². The Bertz CT molecular complexity index is 474. The van der Waals surface area contributed by atoms with Crippen molar-refractivity contribution in [2.75, 3.05) is 6.54 Å². The fraction of sp³-hybridized carbons (Fsp3) is 0.167. The fourth-order valence-corrected chi connectivity index (χ4v) is 1.13. The predicted molar refractivity (Wildman–Crippen MR) is 63.6 cm³/mol. The molecule has 0 aliphatic heterocycles. The molecular weight excluding hydrogens is 239 g/mol. The van der Waals surface area contributed by atoms with Gasteiger partial charge in [0.25, 0.3) is 0 Å². The summed E-state index contributed by atoms with van der Waals surface area (Å²) in [5, 5.41) is 11.3. The molecule has 0 heterocycles. The van der Waals surface area contributed by atoms with Gasteiger partial charge in [-0.1, -0.05) is 18.2 Å². The van der Waals surface area contributed by atoms with E-state index in [9.17, 15) is 14.0 Å². The van der Waals surface area contributed by atoms with Crippen molar-refractivity contribution in [1.29, 1.82) is 0 Å². The second-order valence-corrected chi connectivity index (χ2v) is 3.52. The maximum Gasteiger partial charge on any atom is 0.248 e. The number of hydrogen-bond acceptors (Lipinski definition) is 3. The van der Waals surface area contributed by atoms with Crippen LogP contribution in [0.25, 0.3) is 6.08 Å². The van der Waals surface area contributed by atoms with Crippen molar-refractivity contribution in [1.82, 2.24) is 5.32 Å². The van der Waals surface area contributed by atoms with E-state index in [1.165, 1.54) is 24.3 Å². The molecule has 1 aromatic carbocycles. The third-order valence-electron chi connectivity index (χ3n) is 2.12. The number of aliphatic hydroxyl groups is 1. The molecule has 0 bridgehead atoms. The highest BCUT2D eigenvalue weighted by Gasteiger charge is 2.10. The Labute approximate surface area is 103 Å². The number of nitrogens with one attached hydrogen (secondary N) is 1. The molecule has 1 unspecified atom stereocenters. The van der Waals surface area contributed by atoms with E-state index in [0.29, 0.717) is 0 Å². The van der Waals surface area contributed by atoms with Crippen molar-refractivity contribution >= 4 is 17.9 Å². The first kappa shape index (κ1) is 13.9. The van der Waals surface area contributed by atoms with Crippen LogP contribution in [0.1, 0.15) is 5.56 Å². The van der Waals surface area contributed by atoms with Gasteiger partial charge >= 0.3 is 0 Å². The number of aliphatic hydroxyl groups excluding tert-OH is 1. The van der Waals surface area contributed by atoms with Crippen molar-refractivity contribution in [3.63, 3.8) is 0 Å². The number of carbonyl (C=O) groups excluding carboxylic acids is 2. The molecule has 4 N–H and O–H groups in total. The monoisotopic (exact) mass is 252 g/mol. The summed E-state index contributed by atoms with van der Waals surface area (Å²) in [7, 11) is 0. The second-order valence-electron chi connectivity index (χ2n) is 3.52. The van der Waals surface area contributed by atoms with Crippen LogP contribution in [0.4, 0.5) is 4.39 Å². The van der Waals surface area contributed by atoms with E-state index in [1.54, 1.807) is 6.07 Å². The highest BCUT2D eigenvalue weighted by molar-refractivity contribution is 5.92. The molecule has 0 aliphatic rings. The largest absolute Gasteiger partial charge is 0.381 e. The minimum absolute atomic E-state index is 0.267. The summed E-state index contributed by atoms with van der Waals surface area (Å²) < 4.78 is 13.2. The average molecular weight is 252 g/mol. The van der Waals surface area contributed by atoms with Crippen LogP contribution in [-0.2, 0) is 9.59 Å². The normalized spacial score (nSPS) is 12.3. The summed E-state index contributed by atoms with van der Waals surface area (Å²) in [6, 6.07) is 5.96. The van der Waals surface area contributed by atoms with E-state index < -0.39 is 23.7 Å². The van der Waals surface area contributed by atoms with Gasteiger partial charge in [-0.15, -0.1) is 0 Å². The zero-order valence-corrected chi connectivity index (χ0v) is 9.47. The molecule has 5 nitrogen and oxygen atoms in total. The standard InChI is InChI=1S/C12H13FN2O3/c13-9-4-2-1-3-8(9)5-6-11(17)15-7-10(16)12(14)18/h1-6,10,16H,7H2,(H2,14,18)(H,15,17)/b6-5+. The van der Waals surface area contributed by atoms with Crippen molar-refractivity contribution in [3.05, 3.63) is 41.7 Å². The number of benzene rings is 1. The van der Waals surface area contributed by atoms with E-state index in [2.05, 4.69) is 5.32 Å². The lowest BCUT2D eigenvalue weighted by atomic mass is 10.2. The first-order chi connectivity index (χ1) is 8.50. The first-order valence-electron chi connectivity index (χ1n) is 5.18. The molecule has 2 amide bonds. The molecule has 1 atom stereocenters. The van der Waals surface area contributed by atoms with E-state index in [-0.39, 0.29) is 12.1 Å². The van der Waals surface area contributed by atoms with Crippen LogP contribution in [0.3, 0.4) is 0 Å². The quantitative estimate of drug-likeness (QED) is 0.634. The van der Waals surface area contributed by atoms with E-state index in [4.69, 9.17) is 10.8 Å². The van der Waals surface area contributed by atoms with Gasteiger partial charge in [-0.25, -0.2) is 4.39 Å². The molecular formula is C12H13FN2O3. The summed E-state index contributed by atoms with van der Waals surface area (Å²) in [5.41, 5.74) is 5.07. The maximum absolute atomic E-state index is 13.2. The molecule has 0 spiro atoms. The van der Waals surface area contributed by atoms with Crippen molar-refractivity contribution in [2.24, 2.45) is 5.73 Å². The summed E-state index contributed by atoms with van der Waals surface area (Å²) >= 11 is 0. The lowest BCUT2D eigenvalue weighted by Gasteiger charge is -2.06. The van der Waals surface area contributed by atoms with Crippen LogP contribution in [0.5, 0.6) is 0 Å². The number of rotatable bonds is 5. The van der Waals surface area contributed by atoms with Crippen LogP contribution < -0.4 is 11.1 Å². The molecule has 18 heavy (non-hydrogen) atoms. The zero-order chi connectivity index (χ0) is 13.5. The summed E-state index contributed by atoms with van der Waals surface area (Å²) in [4.78, 5) is 21.8. The van der Waals surface area contributed by atoms with Gasteiger partial charge in [0.1, 0.15) is 11.9 Å². The lowest BCUT2D eigenvalue weighted by molar-refractivity contribution is -0.126. The number of carbonyl (C=O) groups is 2. The molecule has 96 valence electrons. The van der Waals surface area contributed by atoms with Gasteiger partial charge in [0, 0.05) is 11.6 Å². The van der Waals surface area contributed by atoms with E-state index in [0.717, 1.165) is 6.08 Å². The van der Waals surface area contributed by atoms with Crippen LogP contribution in [0.2, 0.25) is 0 Å². The molecule has 0 aliphatic carbocycles. The van der Waals surface area contributed by atoms with Gasteiger partial charge in [-0.3, -0.25) is 9.59 Å². The second kappa shape index (κ2) is 6.51. The molecule has 6 heteroatoms. The molecule has 0 radical (unpaired) electrons. The third kappa shape index (κ3) is 4.34. The Kier molecular flexibility index (Phi) is 5.01. The topological polar surface area (TPSA) is 92.4 Å². The van der Waals surface area contributed by atoms with E-state index in [1.807, 2.05) is 0 Å². The summed E-state index contributed by atoms with van der Waals surface area (Å²) in [6.45, 7) is -0.282. The highest BCUT2D eigenvalue weighted by Crippen LogP contribution is 2.07. The van der Waals surface area contributed by atoms with Crippen LogP contribution in [-0.4, -0.2) is 29.6 Å². The number of primary amides is 1. The average Bonchev–Trinajstić information content (AvgIpc) is 2.34. The van der Waals surface area contributed by atoms with Crippen molar-refractivity contribution < 1.29 is 19.1 Å². The Morgan fingerprint density at radius 3 is 2.72 bits per heavy atom. The van der Waals surface area contributed by atoms with Gasteiger partial charge < -0.3 is 16.2 Å². The Morgan fingerprint density at radius 2 is 2.11 bits per heavy atom. The van der Waals surface area contributed by atoms with Crippen LogP contribution in [0, 0.1) is 5.82 Å². The van der Waals surface area contributed by atoms with Gasteiger partial charge in [0.15, 0.2) is 0 Å². The number of hydrogen-bond donors (Lipinski definition) is 3. The van der Waals surface area contributed by atoms with Gasteiger partial charge in [0.05, 0.1) is 6.54 Å². The van der Waals surface area contributed by atoms with Crippen LogP contribution >= 0.6 is 0 Å². The zero-order valence-electron chi connectivity index (χ0n) is 9.47. The Hall–Kier alpha value is -2.21. The molecule has 0 saturated carbocycles. The summed E-state index contributed by atoms with van der Waals surface area (Å²) in [5.74, 6) is -1.93. The SMILES string of the molecule is NC(=O)C(O)CNC(=O)/C=C/c1ccccc1F. The Morgan fingerprint density at radius 1 is 1.44 bits per heavy atom. The first-order valence-corrected chi connectivity index (χ1v) is 5.18. The third-order valence-corrected chi connectivity index (χ3v) is 2.12. The lowest BCUT2D eigenvalue weighted by Crippen LogP contribution is -2.39. The molecule has 1 rings (SSSR count). The molecule has 0 aromatic heterocycles. The smallest absolute Gasteiger partial charge is 0.248 e. The fourth-order valence-electron chi connectivity index (χ4n) is 1.13. The van der Waals surface area contributed by atoms with Gasteiger partial charge in [-0.05, 0) is 12.1 Å². The summed E-state index contributed by atoms with van der Waals surface area (Å²) in [6.07, 6.45) is 0.962. The molecule has 1 aromatic rings. The minimum Gasteiger partial charge on any atom is -0.381 e. The van der Waals surface area contributed by atoms with Gasteiger partial charge in [0.2, 0.25) is 11.8 Å². The number of halogens is 1. The maximum atomic E-state index is 13.2. The van der Waals surface area contributed by atoms with Gasteiger partial charge in [-0.2, -0.15) is 0 Å². The van der Waals surface area contributed by atoms with Crippen molar-refractivity contribution in [3.8, 4) is 0 Å². The van der Waals surface area contributed by atoms with Crippen molar-refractivity contribution in [2.45, 2.75) is 6.10 Å². The Balaban J connectivity index is 2.50. The molecule has 0 fully saturated rings. The number of amides is 2. The number of nitrogens with two attached hydrogens (primary N) is 1. The minimum atomic E-state index is -1.43. The van der Waals surface area contributed by atoms with E-state index >= 15 is 0 Å².